The number of benzene rings is 2. The van der Waals surface area contributed by atoms with Gasteiger partial charge >= 0.3 is 0 Å². The van der Waals surface area contributed by atoms with Crippen LogP contribution in [0.3, 0.4) is 0 Å². The molecule has 1 unspecified atom stereocenters. The lowest BCUT2D eigenvalue weighted by atomic mass is 9.85. The highest BCUT2D eigenvalue weighted by Gasteiger charge is 2.25. The van der Waals surface area contributed by atoms with Gasteiger partial charge in [-0.2, -0.15) is 0 Å². The Morgan fingerprint density at radius 3 is 2.52 bits per heavy atom. The summed E-state index contributed by atoms with van der Waals surface area (Å²) in [4.78, 5) is 4.38. The van der Waals surface area contributed by atoms with Crippen LogP contribution in [0.25, 0.3) is 10.9 Å². The average Bonchev–Trinajstić information content (AvgIpc) is 2.47. The van der Waals surface area contributed by atoms with Crippen molar-refractivity contribution in [2.45, 2.75) is 25.9 Å². The lowest BCUT2D eigenvalue weighted by molar-refractivity contribution is 0.0573. The minimum atomic E-state index is -0.893. The van der Waals surface area contributed by atoms with Crippen LogP contribution >= 0.6 is 0 Å². The molecule has 0 radical (unpaired) electrons. The molecular formula is C19H19NO. The number of aryl methyl sites for hydroxylation is 1. The molecule has 3 rings (SSSR count). The molecule has 3 aromatic rings. The molecule has 1 heterocycles. The minimum Gasteiger partial charge on any atom is -0.385 e. The topological polar surface area (TPSA) is 33.1 Å². The standard InChI is InChI=1S/C19H19NO/c1-14-7-3-5-9-17(14)19(2,21)13-15-11-12-20-18-10-6-4-8-16(15)18/h3-12,21H,13H2,1-2H3. The van der Waals surface area contributed by atoms with Crippen LogP contribution in [0.1, 0.15) is 23.6 Å². The molecule has 0 fully saturated rings. The molecule has 1 N–H and O–H groups in total. The van der Waals surface area contributed by atoms with E-state index in [-0.39, 0.29) is 0 Å². The molecule has 21 heavy (non-hydrogen) atoms. The molecule has 1 atom stereocenters. The van der Waals surface area contributed by atoms with Crippen molar-refractivity contribution >= 4 is 10.9 Å². The van der Waals surface area contributed by atoms with Crippen LogP contribution in [-0.4, -0.2) is 10.1 Å². The lowest BCUT2D eigenvalue weighted by Crippen LogP contribution is -2.25. The van der Waals surface area contributed by atoms with Crippen molar-refractivity contribution < 1.29 is 5.11 Å². The summed E-state index contributed by atoms with van der Waals surface area (Å²) in [6.45, 7) is 3.92. The molecule has 2 nitrogen and oxygen atoms in total. The second-order valence-corrected chi connectivity index (χ2v) is 5.75. The zero-order chi connectivity index (χ0) is 14.9. The van der Waals surface area contributed by atoms with E-state index in [1.807, 2.05) is 68.6 Å². The Morgan fingerprint density at radius 2 is 1.71 bits per heavy atom. The van der Waals surface area contributed by atoms with E-state index in [0.29, 0.717) is 6.42 Å². The number of pyridine rings is 1. The maximum absolute atomic E-state index is 11.0. The van der Waals surface area contributed by atoms with Crippen LogP contribution in [0, 0.1) is 6.92 Å². The number of rotatable bonds is 3. The van der Waals surface area contributed by atoms with Crippen molar-refractivity contribution in [3.63, 3.8) is 0 Å². The first kappa shape index (κ1) is 13.8. The zero-order valence-corrected chi connectivity index (χ0v) is 12.4. The number of hydrogen-bond acceptors (Lipinski definition) is 2. The summed E-state index contributed by atoms with van der Waals surface area (Å²) in [5.41, 5.74) is 3.28. The van der Waals surface area contributed by atoms with Gasteiger partial charge in [0.25, 0.3) is 0 Å². The van der Waals surface area contributed by atoms with Crippen molar-refractivity contribution in [1.82, 2.24) is 4.98 Å². The molecule has 0 bridgehead atoms. The van der Waals surface area contributed by atoms with Gasteiger partial charge in [-0.25, -0.2) is 0 Å². The quantitative estimate of drug-likeness (QED) is 0.785. The largest absolute Gasteiger partial charge is 0.385 e. The second kappa shape index (κ2) is 5.30. The fourth-order valence-electron chi connectivity index (χ4n) is 2.95. The Labute approximate surface area is 125 Å². The van der Waals surface area contributed by atoms with Crippen LogP contribution in [-0.2, 0) is 12.0 Å². The van der Waals surface area contributed by atoms with Gasteiger partial charge in [0.05, 0.1) is 11.1 Å². The summed E-state index contributed by atoms with van der Waals surface area (Å²) in [6, 6.07) is 18.1. The Kier molecular flexibility index (Phi) is 3.48. The molecule has 0 saturated carbocycles. The Hall–Kier alpha value is -2.19. The van der Waals surface area contributed by atoms with E-state index in [2.05, 4.69) is 11.1 Å². The predicted octanol–water partition coefficient (Wildman–Crippen LogP) is 3.99. The number of fused-ring (bicyclic) bond motifs is 1. The van der Waals surface area contributed by atoms with Gasteiger partial charge in [-0.1, -0.05) is 42.5 Å². The summed E-state index contributed by atoms with van der Waals surface area (Å²) < 4.78 is 0. The number of para-hydroxylation sites is 1. The lowest BCUT2D eigenvalue weighted by Gasteiger charge is -2.26. The van der Waals surface area contributed by atoms with Gasteiger partial charge in [-0.05, 0) is 42.7 Å². The molecule has 0 spiro atoms. The van der Waals surface area contributed by atoms with E-state index in [0.717, 1.165) is 27.6 Å². The first-order valence-corrected chi connectivity index (χ1v) is 7.19. The summed E-state index contributed by atoms with van der Waals surface area (Å²) in [5, 5.41) is 12.1. The number of aromatic nitrogens is 1. The molecule has 0 saturated heterocycles. The van der Waals surface area contributed by atoms with Gasteiger partial charge in [0.2, 0.25) is 0 Å². The van der Waals surface area contributed by atoms with Gasteiger partial charge in [0.1, 0.15) is 0 Å². The molecular weight excluding hydrogens is 258 g/mol. The van der Waals surface area contributed by atoms with Crippen LogP contribution < -0.4 is 0 Å². The van der Waals surface area contributed by atoms with Crippen molar-refractivity contribution in [1.29, 1.82) is 0 Å². The Balaban J connectivity index is 2.04. The van der Waals surface area contributed by atoms with Crippen molar-refractivity contribution in [3.8, 4) is 0 Å². The monoisotopic (exact) mass is 277 g/mol. The summed E-state index contributed by atoms with van der Waals surface area (Å²) in [6.07, 6.45) is 2.38. The van der Waals surface area contributed by atoms with E-state index < -0.39 is 5.60 Å². The van der Waals surface area contributed by atoms with Crippen molar-refractivity contribution in [3.05, 3.63) is 77.5 Å². The van der Waals surface area contributed by atoms with E-state index in [1.54, 1.807) is 0 Å². The van der Waals surface area contributed by atoms with Gasteiger partial charge in [-0.3, -0.25) is 4.98 Å². The molecule has 0 aliphatic rings. The number of nitrogens with zero attached hydrogens (tertiary/aromatic N) is 1. The Morgan fingerprint density at radius 1 is 1.00 bits per heavy atom. The van der Waals surface area contributed by atoms with Gasteiger partial charge < -0.3 is 5.11 Å². The first-order valence-electron chi connectivity index (χ1n) is 7.19. The van der Waals surface area contributed by atoms with Crippen LogP contribution in [0.4, 0.5) is 0 Å². The highest BCUT2D eigenvalue weighted by atomic mass is 16.3. The molecule has 2 heteroatoms. The van der Waals surface area contributed by atoms with Gasteiger partial charge in [0.15, 0.2) is 0 Å². The van der Waals surface area contributed by atoms with Crippen LogP contribution in [0.5, 0.6) is 0 Å². The summed E-state index contributed by atoms with van der Waals surface area (Å²) in [7, 11) is 0. The highest BCUT2D eigenvalue weighted by Crippen LogP contribution is 2.30. The van der Waals surface area contributed by atoms with Crippen molar-refractivity contribution in [2.75, 3.05) is 0 Å². The van der Waals surface area contributed by atoms with Crippen LogP contribution in [0.2, 0.25) is 0 Å². The normalized spacial score (nSPS) is 14.0. The fourth-order valence-corrected chi connectivity index (χ4v) is 2.95. The zero-order valence-electron chi connectivity index (χ0n) is 12.4. The highest BCUT2D eigenvalue weighted by molar-refractivity contribution is 5.81. The average molecular weight is 277 g/mol. The molecule has 0 aliphatic carbocycles. The third-order valence-corrected chi connectivity index (χ3v) is 4.00. The van der Waals surface area contributed by atoms with Gasteiger partial charge in [0, 0.05) is 18.0 Å². The van der Waals surface area contributed by atoms with E-state index in [1.165, 1.54) is 0 Å². The summed E-state index contributed by atoms with van der Waals surface area (Å²) in [5.74, 6) is 0. The molecule has 0 amide bonds. The first-order chi connectivity index (χ1) is 10.1. The smallest absolute Gasteiger partial charge is 0.0911 e. The van der Waals surface area contributed by atoms with E-state index in [4.69, 9.17) is 0 Å². The van der Waals surface area contributed by atoms with Crippen molar-refractivity contribution in [2.24, 2.45) is 0 Å². The molecule has 1 aromatic heterocycles. The predicted molar refractivity (Wildman–Crippen MR) is 86.2 cm³/mol. The SMILES string of the molecule is Cc1ccccc1C(C)(O)Cc1ccnc2ccccc12. The maximum Gasteiger partial charge on any atom is 0.0911 e. The number of aliphatic hydroxyl groups is 1. The third-order valence-electron chi connectivity index (χ3n) is 4.00. The molecule has 2 aromatic carbocycles. The van der Waals surface area contributed by atoms with Gasteiger partial charge in [-0.15, -0.1) is 0 Å². The fraction of sp³-hybridized carbons (Fsp3) is 0.211. The van der Waals surface area contributed by atoms with E-state index in [9.17, 15) is 5.11 Å². The second-order valence-electron chi connectivity index (χ2n) is 5.75. The van der Waals surface area contributed by atoms with Crippen LogP contribution in [0.15, 0.2) is 60.8 Å². The van der Waals surface area contributed by atoms with E-state index >= 15 is 0 Å². The third kappa shape index (κ3) is 2.67. The Bertz CT molecular complexity index is 772. The summed E-state index contributed by atoms with van der Waals surface area (Å²) >= 11 is 0. The minimum absolute atomic E-state index is 0.570. The number of hydrogen-bond donors (Lipinski definition) is 1. The molecule has 106 valence electrons. The maximum atomic E-state index is 11.0. The molecule has 0 aliphatic heterocycles.